The number of carbonyl (C=O) groups excluding carboxylic acids is 2. The summed E-state index contributed by atoms with van der Waals surface area (Å²) in [7, 11) is 1.71. The molecule has 0 amide bonds. The third kappa shape index (κ3) is 3.05. The number of ether oxygens (including phenoxy) is 1. The van der Waals surface area contributed by atoms with Gasteiger partial charge in [0.2, 0.25) is 5.78 Å². The number of aryl methyl sites for hydroxylation is 1. The van der Waals surface area contributed by atoms with Gasteiger partial charge in [-0.1, -0.05) is 0 Å². The largest absolute Gasteiger partial charge is 0.463 e. The highest BCUT2D eigenvalue weighted by molar-refractivity contribution is 6.04. The van der Waals surface area contributed by atoms with Crippen LogP contribution in [0.25, 0.3) is 0 Å². The van der Waals surface area contributed by atoms with E-state index < -0.39 is 5.97 Å². The Morgan fingerprint density at radius 3 is 2.80 bits per heavy atom. The number of esters is 1. The van der Waals surface area contributed by atoms with Gasteiger partial charge in [-0.2, -0.15) is 0 Å². The monoisotopic (exact) mass is 208 g/mol. The standard InChI is InChI=1S/C10H12N2O3/c1-3-15-9(14)5-4-8(13)10-11-6-7-12(10)2/h4-7H,3H2,1-2H3/b5-4+. The van der Waals surface area contributed by atoms with Gasteiger partial charge in [0.1, 0.15) is 0 Å². The van der Waals surface area contributed by atoms with Crippen LogP contribution in [0.2, 0.25) is 0 Å². The number of carbonyl (C=O) groups is 2. The SMILES string of the molecule is CCOC(=O)/C=C/C(=O)c1nccn1C. The van der Waals surface area contributed by atoms with Crippen molar-refractivity contribution in [2.24, 2.45) is 7.05 Å². The average Bonchev–Trinajstić information content (AvgIpc) is 2.61. The molecule has 0 aliphatic carbocycles. The van der Waals surface area contributed by atoms with Crippen LogP contribution >= 0.6 is 0 Å². The Kier molecular flexibility index (Phi) is 3.79. The van der Waals surface area contributed by atoms with Crippen molar-refractivity contribution in [3.05, 3.63) is 30.4 Å². The molecular weight excluding hydrogens is 196 g/mol. The summed E-state index contributed by atoms with van der Waals surface area (Å²) in [4.78, 5) is 26.2. The molecule has 0 radical (unpaired) electrons. The van der Waals surface area contributed by atoms with Crippen LogP contribution in [0.4, 0.5) is 0 Å². The number of imidazole rings is 1. The second-order valence-electron chi connectivity index (χ2n) is 2.81. The van der Waals surface area contributed by atoms with Crippen molar-refractivity contribution in [2.75, 3.05) is 6.61 Å². The second-order valence-corrected chi connectivity index (χ2v) is 2.81. The first-order valence-electron chi connectivity index (χ1n) is 4.51. The van der Waals surface area contributed by atoms with Crippen LogP contribution < -0.4 is 0 Å². The molecule has 1 aromatic heterocycles. The van der Waals surface area contributed by atoms with Gasteiger partial charge in [-0.3, -0.25) is 4.79 Å². The van der Waals surface area contributed by atoms with Gasteiger partial charge in [-0.05, 0) is 13.0 Å². The predicted molar refractivity (Wildman–Crippen MR) is 53.3 cm³/mol. The number of ketones is 1. The summed E-state index contributed by atoms with van der Waals surface area (Å²) in [5, 5.41) is 0. The van der Waals surface area contributed by atoms with Crippen molar-refractivity contribution in [3.63, 3.8) is 0 Å². The van der Waals surface area contributed by atoms with E-state index in [0.29, 0.717) is 6.61 Å². The topological polar surface area (TPSA) is 61.2 Å². The van der Waals surface area contributed by atoms with E-state index in [1.165, 1.54) is 6.20 Å². The summed E-state index contributed by atoms with van der Waals surface area (Å²) >= 11 is 0. The van der Waals surface area contributed by atoms with Crippen molar-refractivity contribution in [1.29, 1.82) is 0 Å². The number of aromatic nitrogens is 2. The van der Waals surface area contributed by atoms with Gasteiger partial charge in [-0.15, -0.1) is 0 Å². The van der Waals surface area contributed by atoms with Crippen LogP contribution in [0.3, 0.4) is 0 Å². The first-order valence-corrected chi connectivity index (χ1v) is 4.51. The van der Waals surface area contributed by atoms with Crippen LogP contribution in [0.1, 0.15) is 17.5 Å². The number of allylic oxidation sites excluding steroid dienone is 1. The zero-order valence-electron chi connectivity index (χ0n) is 8.64. The van der Waals surface area contributed by atoms with E-state index in [2.05, 4.69) is 9.72 Å². The summed E-state index contributed by atoms with van der Waals surface area (Å²) in [6.45, 7) is 1.99. The van der Waals surface area contributed by atoms with Gasteiger partial charge in [0, 0.05) is 25.5 Å². The highest BCUT2D eigenvalue weighted by atomic mass is 16.5. The Morgan fingerprint density at radius 2 is 2.27 bits per heavy atom. The Hall–Kier alpha value is -1.91. The normalized spacial score (nSPS) is 10.5. The molecule has 0 N–H and O–H groups in total. The third-order valence-corrected chi connectivity index (χ3v) is 1.70. The maximum Gasteiger partial charge on any atom is 0.330 e. The van der Waals surface area contributed by atoms with Gasteiger partial charge in [0.25, 0.3) is 0 Å². The molecule has 0 atom stereocenters. The maximum absolute atomic E-state index is 11.5. The molecule has 0 spiro atoms. The van der Waals surface area contributed by atoms with E-state index in [9.17, 15) is 9.59 Å². The molecule has 0 unspecified atom stereocenters. The Labute approximate surface area is 87.4 Å². The molecule has 5 nitrogen and oxygen atoms in total. The molecular formula is C10H12N2O3. The van der Waals surface area contributed by atoms with Gasteiger partial charge in [-0.25, -0.2) is 9.78 Å². The van der Waals surface area contributed by atoms with Crippen LogP contribution in [0.15, 0.2) is 24.5 Å². The quantitative estimate of drug-likeness (QED) is 0.415. The number of nitrogens with zero attached hydrogens (tertiary/aromatic N) is 2. The zero-order chi connectivity index (χ0) is 11.3. The molecule has 0 aromatic carbocycles. The van der Waals surface area contributed by atoms with E-state index in [0.717, 1.165) is 12.2 Å². The van der Waals surface area contributed by atoms with E-state index >= 15 is 0 Å². The molecule has 5 heteroatoms. The fourth-order valence-corrected chi connectivity index (χ4v) is 1.01. The minimum absolute atomic E-state index is 0.288. The van der Waals surface area contributed by atoms with Crippen molar-refractivity contribution in [3.8, 4) is 0 Å². The fraction of sp³-hybridized carbons (Fsp3) is 0.300. The second kappa shape index (κ2) is 5.09. The van der Waals surface area contributed by atoms with Crippen molar-refractivity contribution in [1.82, 2.24) is 9.55 Å². The number of hydrogen-bond donors (Lipinski definition) is 0. The van der Waals surface area contributed by atoms with Crippen LogP contribution in [-0.4, -0.2) is 27.9 Å². The number of hydrogen-bond acceptors (Lipinski definition) is 4. The van der Waals surface area contributed by atoms with E-state index in [-0.39, 0.29) is 11.6 Å². The van der Waals surface area contributed by atoms with Gasteiger partial charge >= 0.3 is 5.97 Å². The lowest BCUT2D eigenvalue weighted by atomic mass is 10.3. The van der Waals surface area contributed by atoms with Crippen molar-refractivity contribution >= 4 is 11.8 Å². The smallest absolute Gasteiger partial charge is 0.330 e. The molecule has 1 rings (SSSR count). The summed E-state index contributed by atoms with van der Waals surface area (Å²) in [6.07, 6.45) is 5.43. The van der Waals surface area contributed by atoms with E-state index in [4.69, 9.17) is 0 Å². The lowest BCUT2D eigenvalue weighted by Crippen LogP contribution is -2.06. The van der Waals surface area contributed by atoms with E-state index in [1.807, 2.05) is 0 Å². The summed E-state index contributed by atoms with van der Waals surface area (Å²) in [5.41, 5.74) is 0. The van der Waals surface area contributed by atoms with Crippen LogP contribution in [0, 0.1) is 0 Å². The molecule has 0 saturated heterocycles. The van der Waals surface area contributed by atoms with Crippen molar-refractivity contribution in [2.45, 2.75) is 6.92 Å². The summed E-state index contributed by atoms with van der Waals surface area (Å²) in [6, 6.07) is 0. The third-order valence-electron chi connectivity index (χ3n) is 1.70. The molecule has 80 valence electrons. The average molecular weight is 208 g/mol. The minimum Gasteiger partial charge on any atom is -0.463 e. The first-order chi connectivity index (χ1) is 7.15. The molecule has 0 saturated carbocycles. The highest BCUT2D eigenvalue weighted by Gasteiger charge is 2.07. The molecule has 0 fully saturated rings. The fourth-order valence-electron chi connectivity index (χ4n) is 1.01. The first kappa shape index (κ1) is 11.2. The highest BCUT2D eigenvalue weighted by Crippen LogP contribution is 1.97. The predicted octanol–water partition coefficient (Wildman–Crippen LogP) is 0.722. The van der Waals surface area contributed by atoms with E-state index in [1.54, 1.807) is 24.7 Å². The Bertz CT molecular complexity index is 393. The molecule has 1 aromatic rings. The Balaban J connectivity index is 2.64. The Morgan fingerprint density at radius 1 is 1.53 bits per heavy atom. The minimum atomic E-state index is -0.528. The molecule has 0 aliphatic heterocycles. The van der Waals surface area contributed by atoms with Crippen LogP contribution in [-0.2, 0) is 16.6 Å². The maximum atomic E-state index is 11.5. The van der Waals surface area contributed by atoms with Gasteiger partial charge in [0.05, 0.1) is 6.61 Å². The number of rotatable bonds is 4. The molecule has 0 bridgehead atoms. The zero-order valence-corrected chi connectivity index (χ0v) is 8.64. The van der Waals surface area contributed by atoms with Gasteiger partial charge < -0.3 is 9.30 Å². The van der Waals surface area contributed by atoms with Crippen molar-refractivity contribution < 1.29 is 14.3 Å². The van der Waals surface area contributed by atoms with Crippen LogP contribution in [0.5, 0.6) is 0 Å². The lowest BCUT2D eigenvalue weighted by Gasteiger charge is -1.96. The van der Waals surface area contributed by atoms with Gasteiger partial charge in [0.15, 0.2) is 5.82 Å². The molecule has 1 heterocycles. The summed E-state index contributed by atoms with van der Waals surface area (Å²) < 4.78 is 6.22. The molecule has 0 aliphatic rings. The summed E-state index contributed by atoms with van der Waals surface area (Å²) in [5.74, 6) is -0.564. The lowest BCUT2D eigenvalue weighted by molar-refractivity contribution is -0.137. The molecule has 15 heavy (non-hydrogen) atoms.